The fourth-order valence-electron chi connectivity index (χ4n) is 5.18. The van der Waals surface area contributed by atoms with Gasteiger partial charge < -0.3 is 31.1 Å². The van der Waals surface area contributed by atoms with Crippen LogP contribution in [0.4, 0.5) is 11.8 Å². The van der Waals surface area contributed by atoms with Crippen LogP contribution < -0.4 is 10.6 Å². The Bertz CT molecular complexity index is 1210. The number of thiazole rings is 1. The van der Waals surface area contributed by atoms with Crippen LogP contribution in [0.1, 0.15) is 43.5 Å². The molecule has 2 aliphatic rings. The SMILES string of the molecule is Cc1nc(NCC2(O)CCCC2)nc(N[C@@H]2C[C@H](CO)[C@@H](O)[C@H]2O)c1-c1nc2c(C)nccc2s1. The molecule has 0 aliphatic heterocycles. The van der Waals surface area contributed by atoms with E-state index in [2.05, 4.69) is 20.6 Å². The predicted octanol–water partition coefficient (Wildman–Crippen LogP) is 2.00. The van der Waals surface area contributed by atoms with Crippen molar-refractivity contribution in [1.82, 2.24) is 19.9 Å². The van der Waals surface area contributed by atoms with Crippen LogP contribution >= 0.6 is 11.3 Å². The van der Waals surface area contributed by atoms with Crippen LogP contribution in [-0.2, 0) is 0 Å². The normalized spacial score (nSPS) is 25.9. The maximum atomic E-state index is 10.7. The third-order valence-corrected chi connectivity index (χ3v) is 8.30. The van der Waals surface area contributed by atoms with Crippen LogP contribution in [-0.4, -0.2) is 77.4 Å². The van der Waals surface area contributed by atoms with Crippen LogP contribution in [0.2, 0.25) is 0 Å². The zero-order valence-corrected chi connectivity index (χ0v) is 20.7. The van der Waals surface area contributed by atoms with Crippen molar-refractivity contribution in [2.45, 2.75) is 69.8 Å². The van der Waals surface area contributed by atoms with E-state index in [9.17, 15) is 20.4 Å². The molecule has 4 atom stereocenters. The number of hydrogen-bond acceptors (Lipinski definition) is 11. The number of hydrogen-bond donors (Lipinski definition) is 6. The molecule has 5 rings (SSSR count). The first-order valence-corrected chi connectivity index (χ1v) is 12.9. The number of rotatable bonds is 7. The Hall–Kier alpha value is -2.44. The van der Waals surface area contributed by atoms with E-state index >= 15 is 0 Å². The maximum absolute atomic E-state index is 10.7. The molecule has 0 radical (unpaired) electrons. The van der Waals surface area contributed by atoms with E-state index in [1.807, 2.05) is 19.9 Å². The Morgan fingerprint density at radius 3 is 2.54 bits per heavy atom. The summed E-state index contributed by atoms with van der Waals surface area (Å²) in [7, 11) is 0. The van der Waals surface area contributed by atoms with Gasteiger partial charge in [0.15, 0.2) is 0 Å². The molecule has 0 amide bonds. The van der Waals surface area contributed by atoms with Gasteiger partial charge in [-0.05, 0) is 39.2 Å². The molecule has 11 heteroatoms. The molecule has 2 aliphatic carbocycles. The largest absolute Gasteiger partial charge is 0.396 e. The number of nitrogens with zero attached hydrogens (tertiary/aromatic N) is 4. The summed E-state index contributed by atoms with van der Waals surface area (Å²) in [6.45, 7) is 3.95. The van der Waals surface area contributed by atoms with E-state index in [0.717, 1.165) is 46.6 Å². The fourth-order valence-corrected chi connectivity index (χ4v) is 6.29. The highest BCUT2D eigenvalue weighted by Gasteiger charge is 2.41. The van der Waals surface area contributed by atoms with Crippen molar-refractivity contribution in [3.05, 3.63) is 23.7 Å². The molecule has 3 aromatic rings. The summed E-state index contributed by atoms with van der Waals surface area (Å²) in [4.78, 5) is 18.5. The highest BCUT2D eigenvalue weighted by Crippen LogP contribution is 2.38. The molecule has 10 nitrogen and oxygen atoms in total. The lowest BCUT2D eigenvalue weighted by Crippen LogP contribution is -2.36. The number of aliphatic hydroxyl groups excluding tert-OH is 3. The number of fused-ring (bicyclic) bond motifs is 1. The van der Waals surface area contributed by atoms with Gasteiger partial charge in [0.05, 0.1) is 39.4 Å². The highest BCUT2D eigenvalue weighted by atomic mass is 32.1. The minimum absolute atomic E-state index is 0.207. The third kappa shape index (κ3) is 4.70. The number of nitrogens with one attached hydrogen (secondary N) is 2. The van der Waals surface area contributed by atoms with Crippen LogP contribution in [0.5, 0.6) is 0 Å². The molecule has 0 aromatic carbocycles. The van der Waals surface area contributed by atoms with E-state index in [4.69, 9.17) is 9.97 Å². The van der Waals surface area contributed by atoms with E-state index in [1.54, 1.807) is 6.20 Å². The number of aromatic nitrogens is 4. The van der Waals surface area contributed by atoms with Gasteiger partial charge >= 0.3 is 0 Å². The standard InChI is InChI=1S/C24H32N6O4S/c1-12-17(22-29-18-13(2)25-8-5-16(18)35-22)21(28-15-9-14(10-31)19(32)20(15)33)30-23(27-12)26-11-24(34)6-3-4-7-24/h5,8,14-15,19-20,31-34H,3-4,6-7,9-11H2,1-2H3,(H2,26,27,28,30)/t14-,15-,19-,20+/m1/s1. The average Bonchev–Trinajstić information content (AvgIpc) is 3.52. The van der Waals surface area contributed by atoms with Crippen molar-refractivity contribution >= 4 is 33.3 Å². The second-order valence-electron chi connectivity index (χ2n) is 9.81. The lowest BCUT2D eigenvalue weighted by atomic mass is 10.0. The van der Waals surface area contributed by atoms with Gasteiger partial charge in [0, 0.05) is 25.3 Å². The second-order valence-corrected chi connectivity index (χ2v) is 10.8. The van der Waals surface area contributed by atoms with Crippen molar-refractivity contribution in [2.24, 2.45) is 5.92 Å². The fraction of sp³-hybridized carbons (Fsp3) is 0.583. The summed E-state index contributed by atoms with van der Waals surface area (Å²) in [5.74, 6) is 0.442. The Morgan fingerprint density at radius 1 is 1.09 bits per heavy atom. The number of aliphatic hydroxyl groups is 4. The molecule has 0 saturated heterocycles. The van der Waals surface area contributed by atoms with Crippen molar-refractivity contribution in [3.8, 4) is 10.6 Å². The Kier molecular flexibility index (Phi) is 6.62. The van der Waals surface area contributed by atoms with Crippen molar-refractivity contribution in [2.75, 3.05) is 23.8 Å². The van der Waals surface area contributed by atoms with Crippen LogP contribution in [0, 0.1) is 19.8 Å². The zero-order valence-electron chi connectivity index (χ0n) is 19.9. The molecule has 0 unspecified atom stereocenters. The van der Waals surface area contributed by atoms with E-state index in [-0.39, 0.29) is 6.61 Å². The highest BCUT2D eigenvalue weighted by molar-refractivity contribution is 7.21. The third-order valence-electron chi connectivity index (χ3n) is 7.26. The van der Waals surface area contributed by atoms with Crippen molar-refractivity contribution in [3.63, 3.8) is 0 Å². The molecule has 6 N–H and O–H groups in total. The molecular formula is C24H32N6O4S. The van der Waals surface area contributed by atoms with Crippen molar-refractivity contribution in [1.29, 1.82) is 0 Å². The topological polar surface area (TPSA) is 157 Å². The van der Waals surface area contributed by atoms with E-state index < -0.39 is 29.8 Å². The summed E-state index contributed by atoms with van der Waals surface area (Å²) in [6, 6.07) is 1.42. The smallest absolute Gasteiger partial charge is 0.225 e. The van der Waals surface area contributed by atoms with Gasteiger partial charge in [0.1, 0.15) is 22.4 Å². The van der Waals surface area contributed by atoms with Crippen molar-refractivity contribution < 1.29 is 20.4 Å². The molecule has 0 bridgehead atoms. The molecule has 2 fully saturated rings. The summed E-state index contributed by atoms with van der Waals surface area (Å²) in [5.41, 5.74) is 2.30. The Morgan fingerprint density at radius 2 is 1.86 bits per heavy atom. The molecule has 3 aromatic heterocycles. The van der Waals surface area contributed by atoms with Gasteiger partial charge in [0.2, 0.25) is 5.95 Å². The minimum atomic E-state index is -1.05. The first-order valence-electron chi connectivity index (χ1n) is 12.1. The van der Waals surface area contributed by atoms with Gasteiger partial charge in [-0.15, -0.1) is 11.3 Å². The summed E-state index contributed by atoms with van der Waals surface area (Å²) in [6.07, 6.45) is 3.59. The van der Waals surface area contributed by atoms with Gasteiger partial charge in [-0.25, -0.2) is 9.97 Å². The molecule has 3 heterocycles. The monoisotopic (exact) mass is 500 g/mol. The summed E-state index contributed by atoms with van der Waals surface area (Å²) >= 11 is 1.51. The van der Waals surface area contributed by atoms with Crippen LogP contribution in [0.15, 0.2) is 12.3 Å². The average molecular weight is 501 g/mol. The van der Waals surface area contributed by atoms with Gasteiger partial charge in [-0.2, -0.15) is 4.98 Å². The van der Waals surface area contributed by atoms with E-state index in [1.165, 1.54) is 11.3 Å². The van der Waals surface area contributed by atoms with Gasteiger partial charge in [0.25, 0.3) is 0 Å². The molecule has 2 saturated carbocycles. The molecular weight excluding hydrogens is 468 g/mol. The number of aryl methyl sites for hydroxylation is 2. The lowest BCUT2D eigenvalue weighted by molar-refractivity contribution is 0.00446. The van der Waals surface area contributed by atoms with Gasteiger partial charge in [-0.3, -0.25) is 4.98 Å². The minimum Gasteiger partial charge on any atom is -0.396 e. The maximum Gasteiger partial charge on any atom is 0.225 e. The number of pyridine rings is 1. The molecule has 35 heavy (non-hydrogen) atoms. The first kappa shape index (κ1) is 24.3. The Balaban J connectivity index is 1.52. The summed E-state index contributed by atoms with van der Waals surface area (Å²) in [5, 5.41) is 48.5. The molecule has 188 valence electrons. The van der Waals surface area contributed by atoms with E-state index in [0.29, 0.717) is 36.0 Å². The lowest BCUT2D eigenvalue weighted by Gasteiger charge is -2.24. The Labute approximate surface area is 207 Å². The zero-order chi connectivity index (χ0) is 24.7. The quantitative estimate of drug-likeness (QED) is 0.283. The van der Waals surface area contributed by atoms with Crippen LogP contribution in [0.25, 0.3) is 20.8 Å². The first-order chi connectivity index (χ1) is 16.8. The second kappa shape index (κ2) is 9.55. The van der Waals surface area contributed by atoms with Crippen LogP contribution in [0.3, 0.4) is 0 Å². The van der Waals surface area contributed by atoms with Gasteiger partial charge in [-0.1, -0.05) is 12.8 Å². The predicted molar refractivity (Wildman–Crippen MR) is 134 cm³/mol. The number of anilines is 2. The summed E-state index contributed by atoms with van der Waals surface area (Å²) < 4.78 is 1.00. The molecule has 0 spiro atoms.